The average Bonchev–Trinajstić information content (AvgIpc) is 2.74. The van der Waals surface area contributed by atoms with E-state index in [-0.39, 0.29) is 11.4 Å². The predicted molar refractivity (Wildman–Crippen MR) is 80.2 cm³/mol. The Kier molecular flexibility index (Phi) is 3.05. The summed E-state index contributed by atoms with van der Waals surface area (Å²) >= 11 is 0. The summed E-state index contributed by atoms with van der Waals surface area (Å²) in [6, 6.07) is 11.0. The first kappa shape index (κ1) is 13.4. The van der Waals surface area contributed by atoms with Crippen molar-refractivity contribution in [2.45, 2.75) is 25.9 Å². The Hall–Kier alpha value is -2.56. The van der Waals surface area contributed by atoms with E-state index < -0.39 is 0 Å². The molecule has 2 aromatic rings. The Bertz CT molecular complexity index is 710. The first-order valence-corrected chi connectivity index (χ1v) is 6.75. The Balaban J connectivity index is 1.92. The number of aromatic nitrogens is 1. The van der Waals surface area contributed by atoms with E-state index in [1.165, 1.54) is 0 Å². The highest BCUT2D eigenvalue weighted by Gasteiger charge is 2.32. The summed E-state index contributed by atoms with van der Waals surface area (Å²) in [5.74, 6) is 1.70. The largest absolute Gasteiger partial charge is 0.483 e. The van der Waals surface area contributed by atoms with E-state index in [4.69, 9.17) is 20.6 Å². The first-order chi connectivity index (χ1) is 9.94. The molecule has 108 valence electrons. The van der Waals surface area contributed by atoms with Crippen LogP contribution in [0.4, 0.5) is 0 Å². The zero-order valence-electron chi connectivity index (χ0n) is 12.0. The van der Waals surface area contributed by atoms with Crippen LogP contribution in [0.15, 0.2) is 36.4 Å². The summed E-state index contributed by atoms with van der Waals surface area (Å²) in [6.45, 7) is 4.09. The molecule has 3 N–H and O–H groups in total. The number of hydrogen-bond acceptors (Lipinski definition) is 4. The van der Waals surface area contributed by atoms with Crippen molar-refractivity contribution in [3.05, 3.63) is 47.7 Å². The second-order valence-corrected chi connectivity index (χ2v) is 5.66. The van der Waals surface area contributed by atoms with Crippen LogP contribution in [0.5, 0.6) is 17.4 Å². The monoisotopic (exact) mass is 283 g/mol. The zero-order valence-corrected chi connectivity index (χ0v) is 12.0. The molecule has 2 heterocycles. The number of nitrogen functional groups attached to an aromatic ring is 1. The second kappa shape index (κ2) is 4.77. The normalized spacial score (nSPS) is 15.1. The third kappa shape index (κ3) is 2.67. The minimum atomic E-state index is -0.226. The molecule has 5 nitrogen and oxygen atoms in total. The Morgan fingerprint density at radius 2 is 2.05 bits per heavy atom. The van der Waals surface area contributed by atoms with Gasteiger partial charge in [0.1, 0.15) is 17.1 Å². The van der Waals surface area contributed by atoms with Crippen molar-refractivity contribution in [1.82, 2.24) is 4.98 Å². The number of hydrogen-bond donors (Lipinski definition) is 2. The van der Waals surface area contributed by atoms with E-state index in [1.807, 2.05) is 32.0 Å². The van der Waals surface area contributed by atoms with E-state index in [9.17, 15) is 0 Å². The lowest BCUT2D eigenvalue weighted by Crippen LogP contribution is -2.24. The number of rotatable bonds is 3. The van der Waals surface area contributed by atoms with Gasteiger partial charge < -0.3 is 15.2 Å². The number of nitrogens with two attached hydrogens (primary N) is 1. The van der Waals surface area contributed by atoms with Gasteiger partial charge in [-0.3, -0.25) is 5.41 Å². The maximum atomic E-state index is 7.42. The average molecular weight is 283 g/mol. The van der Waals surface area contributed by atoms with Crippen LogP contribution in [0.1, 0.15) is 25.1 Å². The van der Waals surface area contributed by atoms with E-state index in [2.05, 4.69) is 4.98 Å². The molecule has 0 fully saturated rings. The van der Waals surface area contributed by atoms with E-state index in [0.717, 1.165) is 17.7 Å². The highest BCUT2D eigenvalue weighted by molar-refractivity contribution is 5.93. The minimum Gasteiger partial charge on any atom is -0.483 e. The quantitative estimate of drug-likeness (QED) is 0.670. The lowest BCUT2D eigenvalue weighted by atomic mass is 10.0. The van der Waals surface area contributed by atoms with Crippen LogP contribution in [0.25, 0.3) is 0 Å². The van der Waals surface area contributed by atoms with Crippen LogP contribution < -0.4 is 15.2 Å². The fourth-order valence-corrected chi connectivity index (χ4v) is 2.40. The molecular weight excluding hydrogens is 266 g/mol. The van der Waals surface area contributed by atoms with Crippen LogP contribution in [-0.4, -0.2) is 16.4 Å². The molecule has 3 rings (SSSR count). The summed E-state index contributed by atoms with van der Waals surface area (Å²) in [6.07, 6.45) is 0.848. The first-order valence-electron chi connectivity index (χ1n) is 6.75. The van der Waals surface area contributed by atoms with Crippen LogP contribution in [0, 0.1) is 5.41 Å². The molecule has 0 unspecified atom stereocenters. The van der Waals surface area contributed by atoms with Crippen molar-refractivity contribution in [3.8, 4) is 17.4 Å². The van der Waals surface area contributed by atoms with Gasteiger partial charge in [-0.15, -0.1) is 0 Å². The van der Waals surface area contributed by atoms with Gasteiger partial charge in [0.15, 0.2) is 11.5 Å². The van der Waals surface area contributed by atoms with Gasteiger partial charge in [-0.25, -0.2) is 4.98 Å². The number of nitrogens with zero attached hydrogens (tertiary/aromatic N) is 1. The van der Waals surface area contributed by atoms with Crippen molar-refractivity contribution in [2.24, 2.45) is 5.73 Å². The van der Waals surface area contributed by atoms with E-state index in [0.29, 0.717) is 17.3 Å². The molecule has 0 saturated carbocycles. The van der Waals surface area contributed by atoms with Crippen LogP contribution in [0.2, 0.25) is 0 Å². The summed E-state index contributed by atoms with van der Waals surface area (Å²) in [4.78, 5) is 4.20. The van der Waals surface area contributed by atoms with E-state index in [1.54, 1.807) is 18.2 Å². The number of benzene rings is 1. The number of ether oxygens (including phenoxy) is 2. The standard InChI is InChI=1S/C16H17N3O2/c1-16(2)9-10-5-3-7-12(14(10)21-16)20-13-8-4-6-11(19-13)15(17)18/h3-8H,9H2,1-2H3,(H3,17,18). The molecule has 0 atom stereocenters. The van der Waals surface area contributed by atoms with Gasteiger partial charge in [0.25, 0.3) is 0 Å². The fraction of sp³-hybridized carbons (Fsp3) is 0.250. The van der Waals surface area contributed by atoms with Gasteiger partial charge in [0.05, 0.1) is 0 Å². The lowest BCUT2D eigenvalue weighted by Gasteiger charge is -2.18. The predicted octanol–water partition coefficient (Wildman–Crippen LogP) is 2.87. The second-order valence-electron chi connectivity index (χ2n) is 5.66. The summed E-state index contributed by atoms with van der Waals surface area (Å²) in [5.41, 5.74) is 6.73. The smallest absolute Gasteiger partial charge is 0.220 e. The molecule has 1 aromatic carbocycles. The minimum absolute atomic E-state index is 0.0869. The summed E-state index contributed by atoms with van der Waals surface area (Å²) in [7, 11) is 0. The molecule has 0 amide bonds. The molecule has 1 aromatic heterocycles. The van der Waals surface area contributed by atoms with Gasteiger partial charge in [-0.1, -0.05) is 18.2 Å². The molecule has 5 heteroatoms. The Labute approximate surface area is 123 Å². The lowest BCUT2D eigenvalue weighted by molar-refractivity contribution is 0.135. The Morgan fingerprint density at radius 3 is 2.81 bits per heavy atom. The zero-order chi connectivity index (χ0) is 15.0. The molecule has 0 radical (unpaired) electrons. The number of para-hydroxylation sites is 1. The summed E-state index contributed by atoms with van der Waals surface area (Å²) in [5, 5.41) is 7.42. The van der Waals surface area contributed by atoms with Crippen LogP contribution in [0.3, 0.4) is 0 Å². The molecule has 0 aliphatic carbocycles. The Morgan fingerprint density at radius 1 is 1.29 bits per heavy atom. The molecule has 0 bridgehead atoms. The van der Waals surface area contributed by atoms with Gasteiger partial charge in [0, 0.05) is 18.1 Å². The number of nitrogens with one attached hydrogen (secondary N) is 1. The third-order valence-electron chi connectivity index (χ3n) is 3.27. The summed E-state index contributed by atoms with van der Waals surface area (Å²) < 4.78 is 11.8. The highest BCUT2D eigenvalue weighted by Crippen LogP contribution is 2.42. The topological polar surface area (TPSA) is 81.2 Å². The number of fused-ring (bicyclic) bond motifs is 1. The SMILES string of the molecule is CC1(C)Cc2cccc(Oc3cccc(C(=N)N)n3)c2O1. The van der Waals surface area contributed by atoms with Gasteiger partial charge in [0.2, 0.25) is 5.88 Å². The van der Waals surface area contributed by atoms with Crippen LogP contribution in [-0.2, 0) is 6.42 Å². The molecule has 0 spiro atoms. The third-order valence-corrected chi connectivity index (χ3v) is 3.27. The van der Waals surface area contributed by atoms with E-state index >= 15 is 0 Å². The maximum Gasteiger partial charge on any atom is 0.220 e. The number of pyridine rings is 1. The van der Waals surface area contributed by atoms with Crippen molar-refractivity contribution >= 4 is 5.84 Å². The fourth-order valence-electron chi connectivity index (χ4n) is 2.40. The molecular formula is C16H17N3O2. The molecule has 0 saturated heterocycles. The van der Waals surface area contributed by atoms with Crippen molar-refractivity contribution < 1.29 is 9.47 Å². The van der Waals surface area contributed by atoms with Gasteiger partial charge in [-0.2, -0.15) is 0 Å². The molecule has 21 heavy (non-hydrogen) atoms. The maximum absolute atomic E-state index is 7.42. The van der Waals surface area contributed by atoms with Crippen molar-refractivity contribution in [1.29, 1.82) is 5.41 Å². The van der Waals surface area contributed by atoms with Crippen molar-refractivity contribution in [3.63, 3.8) is 0 Å². The van der Waals surface area contributed by atoms with Gasteiger partial charge in [-0.05, 0) is 26.0 Å². The molecule has 1 aliphatic rings. The van der Waals surface area contributed by atoms with Crippen molar-refractivity contribution in [2.75, 3.05) is 0 Å². The number of amidine groups is 1. The van der Waals surface area contributed by atoms with Crippen LogP contribution >= 0.6 is 0 Å². The molecule has 1 aliphatic heterocycles. The van der Waals surface area contributed by atoms with Gasteiger partial charge >= 0.3 is 0 Å². The highest BCUT2D eigenvalue weighted by atomic mass is 16.5.